The zero-order valence-electron chi connectivity index (χ0n) is 27.0. The normalized spacial score (nSPS) is 23.8. The Kier molecular flexibility index (Phi) is 12.7. The van der Waals surface area contributed by atoms with Gasteiger partial charge in [-0.25, -0.2) is 4.79 Å². The second kappa shape index (κ2) is 17.1. The SMILES string of the molecule is CON(C(=O)OC1CCCOC1)C(CC1CCCCC1)C(O)CC(CC=Cc1ccccc1)C(=O)N[C@H]1c2ccccc2C[C@@H]1O. The molecule has 4 unspecified atom stereocenters. The van der Waals surface area contributed by atoms with E-state index in [9.17, 15) is 19.8 Å². The van der Waals surface area contributed by atoms with Crippen molar-refractivity contribution in [2.24, 2.45) is 11.8 Å². The van der Waals surface area contributed by atoms with Crippen LogP contribution < -0.4 is 5.32 Å². The third kappa shape index (κ3) is 9.18. The van der Waals surface area contributed by atoms with Crippen LogP contribution in [0.25, 0.3) is 6.08 Å². The van der Waals surface area contributed by atoms with E-state index in [2.05, 4.69) is 5.32 Å². The van der Waals surface area contributed by atoms with E-state index in [0.717, 1.165) is 48.8 Å². The summed E-state index contributed by atoms with van der Waals surface area (Å²) in [7, 11) is 1.42. The molecule has 0 radical (unpaired) electrons. The van der Waals surface area contributed by atoms with Crippen LogP contribution in [0.5, 0.6) is 0 Å². The Labute approximate surface area is 272 Å². The second-order valence-electron chi connectivity index (χ2n) is 13.0. The van der Waals surface area contributed by atoms with Gasteiger partial charge in [0, 0.05) is 18.9 Å². The largest absolute Gasteiger partial charge is 0.442 e. The number of fused-ring (bicyclic) bond motifs is 1. The molecular weight excluding hydrogens is 584 g/mol. The summed E-state index contributed by atoms with van der Waals surface area (Å²) in [6.07, 6.45) is 9.61. The Morgan fingerprint density at radius 3 is 2.54 bits per heavy atom. The first-order valence-corrected chi connectivity index (χ1v) is 17.0. The molecule has 250 valence electrons. The van der Waals surface area contributed by atoms with Gasteiger partial charge in [0.05, 0.1) is 38.0 Å². The van der Waals surface area contributed by atoms with Crippen LogP contribution in [0.4, 0.5) is 4.79 Å². The number of amides is 2. The standard InChI is InChI=1S/C37H50N2O7/c1-44-39(37(43)46-30-19-11-21-45-25-30)32(22-27-14-6-3-7-15-27)33(40)24-29(18-10-16-26-12-4-2-5-13-26)36(42)38-35-31-20-9-8-17-28(31)23-34(35)41/h2,4-5,8-10,12-13,16-17,20,27,29-30,32-35,40-41H,3,6-7,11,14-15,18-19,21-25H2,1H3,(H,38,42)/t29?,30?,32?,33?,34-,35-/m0/s1. The molecule has 6 atom stereocenters. The summed E-state index contributed by atoms with van der Waals surface area (Å²) < 4.78 is 11.3. The van der Waals surface area contributed by atoms with E-state index in [1.807, 2.05) is 66.7 Å². The van der Waals surface area contributed by atoms with Gasteiger partial charge in [-0.2, -0.15) is 5.06 Å². The Balaban J connectivity index is 1.35. The molecule has 46 heavy (non-hydrogen) atoms. The summed E-state index contributed by atoms with van der Waals surface area (Å²) >= 11 is 0. The highest BCUT2D eigenvalue weighted by Crippen LogP contribution is 2.34. The molecule has 3 aliphatic rings. The number of hydrogen-bond donors (Lipinski definition) is 3. The highest BCUT2D eigenvalue weighted by atomic mass is 16.7. The van der Waals surface area contributed by atoms with Gasteiger partial charge >= 0.3 is 6.09 Å². The van der Waals surface area contributed by atoms with Crippen molar-refractivity contribution < 1.29 is 34.1 Å². The number of allylic oxidation sites excluding steroid dienone is 1. The zero-order valence-corrected chi connectivity index (χ0v) is 27.0. The summed E-state index contributed by atoms with van der Waals surface area (Å²) in [4.78, 5) is 33.0. The molecule has 9 heteroatoms. The Hall–Kier alpha value is -3.24. The molecule has 2 aliphatic carbocycles. The van der Waals surface area contributed by atoms with Gasteiger partial charge in [-0.15, -0.1) is 0 Å². The van der Waals surface area contributed by atoms with Crippen molar-refractivity contribution in [3.05, 3.63) is 77.4 Å². The Morgan fingerprint density at radius 1 is 1.04 bits per heavy atom. The van der Waals surface area contributed by atoms with E-state index < -0.39 is 36.3 Å². The molecule has 2 amide bonds. The summed E-state index contributed by atoms with van der Waals surface area (Å²) in [5.74, 6) is -0.544. The van der Waals surface area contributed by atoms with Crippen LogP contribution in [-0.2, 0) is 25.5 Å². The molecule has 1 heterocycles. The minimum Gasteiger partial charge on any atom is -0.442 e. The molecule has 1 saturated carbocycles. The van der Waals surface area contributed by atoms with Gasteiger partial charge in [-0.05, 0) is 54.7 Å². The molecule has 3 N–H and O–H groups in total. The lowest BCUT2D eigenvalue weighted by Crippen LogP contribution is -2.50. The van der Waals surface area contributed by atoms with Crippen molar-refractivity contribution in [1.29, 1.82) is 0 Å². The van der Waals surface area contributed by atoms with Crippen LogP contribution in [0.1, 0.15) is 86.9 Å². The minimum atomic E-state index is -1.06. The van der Waals surface area contributed by atoms with Crippen molar-refractivity contribution in [1.82, 2.24) is 10.4 Å². The van der Waals surface area contributed by atoms with E-state index in [4.69, 9.17) is 14.3 Å². The lowest BCUT2D eigenvalue weighted by Gasteiger charge is -2.37. The van der Waals surface area contributed by atoms with E-state index in [1.165, 1.54) is 18.6 Å². The molecule has 9 nitrogen and oxygen atoms in total. The number of carbonyl (C=O) groups is 2. The fraction of sp³-hybridized carbons (Fsp3) is 0.568. The molecule has 0 bridgehead atoms. The van der Waals surface area contributed by atoms with Gasteiger partial charge in [0.15, 0.2) is 0 Å². The zero-order chi connectivity index (χ0) is 32.3. The van der Waals surface area contributed by atoms with Gasteiger partial charge in [0.25, 0.3) is 0 Å². The molecule has 0 spiro atoms. The summed E-state index contributed by atoms with van der Waals surface area (Å²) in [6.45, 7) is 0.988. The minimum absolute atomic E-state index is 0.104. The van der Waals surface area contributed by atoms with Crippen LogP contribution in [0, 0.1) is 11.8 Å². The summed E-state index contributed by atoms with van der Waals surface area (Å²) in [5.41, 5.74) is 2.95. The first-order chi connectivity index (χ1) is 22.4. The monoisotopic (exact) mass is 634 g/mol. The summed E-state index contributed by atoms with van der Waals surface area (Å²) in [5, 5.41) is 27.0. The first-order valence-electron chi connectivity index (χ1n) is 17.0. The lowest BCUT2D eigenvalue weighted by molar-refractivity contribution is -0.175. The van der Waals surface area contributed by atoms with E-state index in [-0.39, 0.29) is 18.4 Å². The molecule has 2 aromatic rings. The fourth-order valence-electron chi connectivity index (χ4n) is 7.23. The van der Waals surface area contributed by atoms with Gasteiger partial charge < -0.3 is 25.0 Å². The van der Waals surface area contributed by atoms with Gasteiger partial charge in [-0.3, -0.25) is 9.63 Å². The van der Waals surface area contributed by atoms with Crippen molar-refractivity contribution >= 4 is 18.1 Å². The quantitative estimate of drug-likeness (QED) is 0.240. The third-order valence-corrected chi connectivity index (χ3v) is 9.74. The number of rotatable bonds is 13. The summed E-state index contributed by atoms with van der Waals surface area (Å²) in [6, 6.07) is 16.4. The number of carbonyl (C=O) groups excluding carboxylic acids is 2. The van der Waals surface area contributed by atoms with Crippen LogP contribution in [0.2, 0.25) is 0 Å². The first kappa shape index (κ1) is 34.1. The molecular formula is C37H50N2O7. The van der Waals surface area contributed by atoms with Crippen molar-refractivity contribution in [3.63, 3.8) is 0 Å². The highest BCUT2D eigenvalue weighted by Gasteiger charge is 2.39. The maximum atomic E-state index is 14.0. The van der Waals surface area contributed by atoms with Crippen molar-refractivity contribution in [2.75, 3.05) is 20.3 Å². The average molecular weight is 635 g/mol. The van der Waals surface area contributed by atoms with E-state index in [0.29, 0.717) is 44.8 Å². The van der Waals surface area contributed by atoms with Crippen molar-refractivity contribution in [3.8, 4) is 0 Å². The maximum absolute atomic E-state index is 14.0. The smallest absolute Gasteiger partial charge is 0.434 e. The number of aliphatic hydroxyl groups excluding tert-OH is 2. The molecule has 1 saturated heterocycles. The van der Waals surface area contributed by atoms with Gasteiger partial charge in [-0.1, -0.05) is 98.9 Å². The fourth-order valence-corrected chi connectivity index (χ4v) is 7.23. The number of benzene rings is 2. The van der Waals surface area contributed by atoms with Crippen LogP contribution in [0.3, 0.4) is 0 Å². The number of hydrogen-bond acceptors (Lipinski definition) is 7. The second-order valence-corrected chi connectivity index (χ2v) is 13.0. The van der Waals surface area contributed by atoms with Crippen LogP contribution >= 0.6 is 0 Å². The maximum Gasteiger partial charge on any atom is 0.434 e. The predicted octanol–water partition coefficient (Wildman–Crippen LogP) is 5.75. The average Bonchev–Trinajstić information content (AvgIpc) is 3.39. The number of aliphatic hydroxyl groups is 2. The number of nitrogens with one attached hydrogen (secondary N) is 1. The van der Waals surface area contributed by atoms with E-state index in [1.54, 1.807) is 0 Å². The predicted molar refractivity (Wildman–Crippen MR) is 175 cm³/mol. The topological polar surface area (TPSA) is 118 Å². The third-order valence-electron chi connectivity index (χ3n) is 9.74. The highest BCUT2D eigenvalue weighted by molar-refractivity contribution is 5.80. The van der Waals surface area contributed by atoms with Crippen LogP contribution in [-0.4, -0.2) is 72.0 Å². The Bertz CT molecular complexity index is 1280. The Morgan fingerprint density at radius 2 is 1.80 bits per heavy atom. The van der Waals surface area contributed by atoms with Crippen molar-refractivity contribution in [2.45, 2.75) is 101 Å². The lowest BCUT2D eigenvalue weighted by atomic mass is 9.82. The molecule has 5 rings (SSSR count). The number of nitrogens with zero attached hydrogens (tertiary/aromatic N) is 1. The molecule has 2 aromatic carbocycles. The van der Waals surface area contributed by atoms with E-state index >= 15 is 0 Å². The number of hydroxylamine groups is 2. The molecule has 0 aromatic heterocycles. The molecule has 1 aliphatic heterocycles. The van der Waals surface area contributed by atoms with Gasteiger partial charge in [0.1, 0.15) is 6.10 Å². The number of ether oxygens (including phenoxy) is 2. The van der Waals surface area contributed by atoms with Gasteiger partial charge in [0.2, 0.25) is 5.91 Å². The van der Waals surface area contributed by atoms with Crippen LogP contribution in [0.15, 0.2) is 60.7 Å². The molecule has 2 fully saturated rings.